The van der Waals surface area contributed by atoms with Gasteiger partial charge in [-0.15, -0.1) is 0 Å². The monoisotopic (exact) mass is 235 g/mol. The van der Waals surface area contributed by atoms with E-state index in [-0.39, 0.29) is 16.8 Å². The van der Waals surface area contributed by atoms with E-state index in [9.17, 15) is 13.6 Å². The van der Waals surface area contributed by atoms with Crippen LogP contribution in [0.3, 0.4) is 0 Å². The first-order valence-corrected chi connectivity index (χ1v) is 4.72. The Morgan fingerprint density at radius 1 is 1.24 bits per heavy atom. The van der Waals surface area contributed by atoms with Crippen molar-refractivity contribution in [3.8, 4) is 11.3 Å². The zero-order valence-electron chi connectivity index (χ0n) is 8.52. The third-order valence-electron chi connectivity index (χ3n) is 2.19. The summed E-state index contributed by atoms with van der Waals surface area (Å²) < 4.78 is 26.5. The van der Waals surface area contributed by atoms with Crippen LogP contribution in [-0.4, -0.2) is 16.1 Å². The van der Waals surface area contributed by atoms with Crippen LogP contribution in [0.25, 0.3) is 11.3 Å². The van der Waals surface area contributed by atoms with Crippen LogP contribution in [0, 0.1) is 11.6 Å². The summed E-state index contributed by atoms with van der Waals surface area (Å²) in [6, 6.07) is 6.14. The third-order valence-corrected chi connectivity index (χ3v) is 2.19. The number of hydrogen-bond donors (Lipinski definition) is 1. The average molecular weight is 235 g/mol. The van der Waals surface area contributed by atoms with Crippen molar-refractivity contribution >= 4 is 5.97 Å². The highest BCUT2D eigenvalue weighted by Gasteiger charge is 2.11. The Kier molecular flexibility index (Phi) is 2.82. The number of hydrogen-bond acceptors (Lipinski definition) is 2. The predicted molar refractivity (Wildman–Crippen MR) is 56.5 cm³/mol. The van der Waals surface area contributed by atoms with E-state index in [1.54, 1.807) is 0 Å². The highest BCUT2D eigenvalue weighted by atomic mass is 19.1. The molecule has 0 aliphatic rings. The summed E-state index contributed by atoms with van der Waals surface area (Å²) in [5.41, 5.74) is -0.0587. The molecule has 0 atom stereocenters. The summed E-state index contributed by atoms with van der Waals surface area (Å²) in [7, 11) is 0. The Morgan fingerprint density at radius 3 is 2.59 bits per heavy atom. The van der Waals surface area contributed by atoms with Gasteiger partial charge in [0.25, 0.3) is 0 Å². The quantitative estimate of drug-likeness (QED) is 0.870. The minimum absolute atomic E-state index is 0.0745. The molecule has 0 bridgehead atoms. The Balaban J connectivity index is 2.50. The minimum Gasteiger partial charge on any atom is -0.478 e. The molecule has 1 aromatic heterocycles. The number of aromatic nitrogens is 1. The number of carboxylic acid groups (broad SMARTS) is 1. The molecule has 0 saturated carbocycles. The molecule has 1 N–H and O–H groups in total. The van der Waals surface area contributed by atoms with Gasteiger partial charge in [-0.3, -0.25) is 4.98 Å². The van der Waals surface area contributed by atoms with Gasteiger partial charge in [0.15, 0.2) is 0 Å². The fourth-order valence-electron chi connectivity index (χ4n) is 1.40. The number of halogens is 2. The molecule has 2 rings (SSSR count). The van der Waals surface area contributed by atoms with Gasteiger partial charge in [0, 0.05) is 11.8 Å². The van der Waals surface area contributed by atoms with Crippen molar-refractivity contribution in [2.45, 2.75) is 0 Å². The van der Waals surface area contributed by atoms with Crippen LogP contribution in [0.4, 0.5) is 8.78 Å². The van der Waals surface area contributed by atoms with E-state index in [1.807, 2.05) is 0 Å². The van der Waals surface area contributed by atoms with Crippen molar-refractivity contribution in [1.82, 2.24) is 4.98 Å². The van der Waals surface area contributed by atoms with E-state index in [2.05, 4.69) is 4.98 Å². The first-order chi connectivity index (χ1) is 8.08. The summed E-state index contributed by atoms with van der Waals surface area (Å²) in [5, 5.41) is 8.65. The fourth-order valence-corrected chi connectivity index (χ4v) is 1.40. The number of pyridine rings is 1. The molecule has 0 aliphatic heterocycles. The summed E-state index contributed by atoms with van der Waals surface area (Å²) in [6.07, 6.45) is 1.03. The molecule has 0 radical (unpaired) electrons. The second-order valence-corrected chi connectivity index (χ2v) is 3.37. The first kappa shape index (κ1) is 11.2. The molecule has 17 heavy (non-hydrogen) atoms. The molecule has 3 nitrogen and oxygen atoms in total. The van der Waals surface area contributed by atoms with Crippen LogP contribution >= 0.6 is 0 Å². The average Bonchev–Trinajstić information content (AvgIpc) is 2.28. The van der Waals surface area contributed by atoms with E-state index < -0.39 is 17.6 Å². The lowest BCUT2D eigenvalue weighted by atomic mass is 10.1. The number of rotatable bonds is 2. The van der Waals surface area contributed by atoms with Crippen LogP contribution in [0.1, 0.15) is 10.4 Å². The second-order valence-electron chi connectivity index (χ2n) is 3.37. The summed E-state index contributed by atoms with van der Waals surface area (Å²) in [4.78, 5) is 14.3. The highest BCUT2D eigenvalue weighted by molar-refractivity contribution is 5.87. The molecular weight excluding hydrogens is 228 g/mol. The maximum atomic E-state index is 13.6. The normalized spacial score (nSPS) is 10.2. The Labute approximate surface area is 95.4 Å². The van der Waals surface area contributed by atoms with E-state index >= 15 is 0 Å². The third kappa shape index (κ3) is 2.28. The summed E-state index contributed by atoms with van der Waals surface area (Å²) in [5.74, 6) is -2.57. The smallest absolute Gasteiger partial charge is 0.337 e. The molecule has 0 amide bonds. The summed E-state index contributed by atoms with van der Waals surface area (Å²) >= 11 is 0. The van der Waals surface area contributed by atoms with Gasteiger partial charge < -0.3 is 5.11 Å². The maximum absolute atomic E-state index is 13.6. The first-order valence-electron chi connectivity index (χ1n) is 4.72. The SMILES string of the molecule is O=C(O)c1cnc(-c2cccc(F)c2)c(F)c1. The molecule has 2 aromatic rings. The fraction of sp³-hybridized carbons (Fsp3) is 0. The van der Waals surface area contributed by atoms with Crippen molar-refractivity contribution in [3.63, 3.8) is 0 Å². The molecule has 0 aliphatic carbocycles. The highest BCUT2D eigenvalue weighted by Crippen LogP contribution is 2.21. The van der Waals surface area contributed by atoms with Crippen LogP contribution < -0.4 is 0 Å². The predicted octanol–water partition coefficient (Wildman–Crippen LogP) is 2.73. The topological polar surface area (TPSA) is 50.2 Å². The van der Waals surface area contributed by atoms with Gasteiger partial charge in [-0.25, -0.2) is 13.6 Å². The minimum atomic E-state index is -1.26. The lowest BCUT2D eigenvalue weighted by Gasteiger charge is -2.03. The molecule has 86 valence electrons. The number of carboxylic acids is 1. The van der Waals surface area contributed by atoms with Crippen LogP contribution in [0.5, 0.6) is 0 Å². The van der Waals surface area contributed by atoms with Crippen LogP contribution in [0.2, 0.25) is 0 Å². The zero-order valence-corrected chi connectivity index (χ0v) is 8.52. The molecule has 0 saturated heterocycles. The molecule has 1 aromatic carbocycles. The number of carbonyl (C=O) groups is 1. The van der Waals surface area contributed by atoms with Crippen molar-refractivity contribution in [2.75, 3.05) is 0 Å². The van der Waals surface area contributed by atoms with Crippen molar-refractivity contribution < 1.29 is 18.7 Å². The summed E-state index contributed by atoms with van der Waals surface area (Å²) in [6.45, 7) is 0. The van der Waals surface area contributed by atoms with E-state index in [0.717, 1.165) is 18.3 Å². The van der Waals surface area contributed by atoms with Crippen molar-refractivity contribution in [3.05, 3.63) is 53.7 Å². The number of nitrogens with zero attached hydrogens (tertiary/aromatic N) is 1. The standard InChI is InChI=1S/C12H7F2NO2/c13-9-3-1-2-7(4-9)11-10(14)5-8(6-15-11)12(16)17/h1-6H,(H,16,17). The Hall–Kier alpha value is -2.30. The molecule has 5 heteroatoms. The van der Waals surface area contributed by atoms with Gasteiger partial charge in [-0.05, 0) is 18.2 Å². The van der Waals surface area contributed by atoms with Crippen molar-refractivity contribution in [1.29, 1.82) is 0 Å². The molecule has 0 fully saturated rings. The lowest BCUT2D eigenvalue weighted by Crippen LogP contribution is -2.00. The molecule has 0 spiro atoms. The van der Waals surface area contributed by atoms with E-state index in [1.165, 1.54) is 18.2 Å². The number of aromatic carboxylic acids is 1. The molecular formula is C12H7F2NO2. The lowest BCUT2D eigenvalue weighted by molar-refractivity contribution is 0.0696. The van der Waals surface area contributed by atoms with Crippen molar-refractivity contribution in [2.24, 2.45) is 0 Å². The van der Waals surface area contributed by atoms with E-state index in [0.29, 0.717) is 0 Å². The van der Waals surface area contributed by atoms with Gasteiger partial charge in [0.2, 0.25) is 0 Å². The van der Waals surface area contributed by atoms with Gasteiger partial charge in [0.05, 0.1) is 5.56 Å². The van der Waals surface area contributed by atoms with Crippen LogP contribution in [0.15, 0.2) is 36.5 Å². The van der Waals surface area contributed by atoms with E-state index in [4.69, 9.17) is 5.11 Å². The van der Waals surface area contributed by atoms with Gasteiger partial charge >= 0.3 is 5.97 Å². The Bertz CT molecular complexity index is 584. The number of benzene rings is 1. The van der Waals surface area contributed by atoms with Crippen LogP contribution in [-0.2, 0) is 0 Å². The maximum Gasteiger partial charge on any atom is 0.337 e. The zero-order chi connectivity index (χ0) is 12.4. The molecule has 1 heterocycles. The molecule has 0 unspecified atom stereocenters. The van der Waals surface area contributed by atoms with Gasteiger partial charge in [-0.2, -0.15) is 0 Å². The Morgan fingerprint density at radius 2 is 2.00 bits per heavy atom. The van der Waals surface area contributed by atoms with Gasteiger partial charge in [0.1, 0.15) is 17.3 Å². The van der Waals surface area contributed by atoms with Gasteiger partial charge in [-0.1, -0.05) is 12.1 Å². The largest absolute Gasteiger partial charge is 0.478 e. The second kappa shape index (κ2) is 4.29.